The van der Waals surface area contributed by atoms with Crippen molar-refractivity contribution in [1.82, 2.24) is 19.8 Å². The minimum atomic E-state index is -1.51. The molecule has 0 aliphatic carbocycles. The molecule has 3 aromatic heterocycles. The van der Waals surface area contributed by atoms with E-state index in [1.54, 1.807) is 22.9 Å². The quantitative estimate of drug-likeness (QED) is 0.0599. The minimum absolute atomic E-state index is 0.00845. The molecule has 242 valence electrons. The molecule has 18 heteroatoms. The fourth-order valence-corrected chi connectivity index (χ4v) is 7.69. The highest BCUT2D eigenvalue weighted by atomic mass is 35.5. The van der Waals surface area contributed by atoms with Crippen LogP contribution in [0, 0.1) is 11.2 Å². The highest BCUT2D eigenvalue weighted by Crippen LogP contribution is 2.40. The molecule has 1 fully saturated rings. The Balaban J connectivity index is 1.19. The number of carboxylic acid groups (broad SMARTS) is 1. The molecule has 0 spiro atoms. The molecule has 2 atom stereocenters. The number of aromatic nitrogens is 3. The van der Waals surface area contributed by atoms with Crippen molar-refractivity contribution in [3.63, 3.8) is 0 Å². The van der Waals surface area contributed by atoms with Crippen LogP contribution in [0.1, 0.15) is 16.8 Å². The van der Waals surface area contributed by atoms with E-state index in [9.17, 15) is 23.9 Å². The van der Waals surface area contributed by atoms with E-state index in [1.807, 2.05) is 29.1 Å². The number of anilines is 1. The number of rotatable bonds is 10. The molecule has 2 aliphatic rings. The van der Waals surface area contributed by atoms with Crippen molar-refractivity contribution in [2.45, 2.75) is 24.5 Å². The zero-order chi connectivity index (χ0) is 33.6. The number of carbonyl (C=O) groups is 3. The largest absolute Gasteiger partial charge is 0.543 e. The molecule has 2 aliphatic heterocycles. The summed E-state index contributed by atoms with van der Waals surface area (Å²) in [6.45, 7) is 0.397. The van der Waals surface area contributed by atoms with E-state index in [-0.39, 0.29) is 51.2 Å². The van der Waals surface area contributed by atoms with E-state index >= 15 is 0 Å². The fourth-order valence-electron chi connectivity index (χ4n) is 5.42. The Kier molecular flexibility index (Phi) is 8.61. The van der Waals surface area contributed by atoms with Gasteiger partial charge in [0.25, 0.3) is 11.8 Å². The molecule has 0 radical (unpaired) electrons. The van der Waals surface area contributed by atoms with Gasteiger partial charge in [0, 0.05) is 34.7 Å². The van der Waals surface area contributed by atoms with Gasteiger partial charge in [0.1, 0.15) is 40.2 Å². The molecule has 14 nitrogen and oxygen atoms in total. The average Bonchev–Trinajstić information content (AvgIpc) is 3.59. The van der Waals surface area contributed by atoms with Crippen molar-refractivity contribution >= 4 is 80.1 Å². The van der Waals surface area contributed by atoms with Crippen LogP contribution in [0.5, 0.6) is 0 Å². The number of benzene rings is 1. The maximum atomic E-state index is 14.7. The number of amides is 2. The Hall–Kier alpha value is -5.00. The Morgan fingerprint density at radius 2 is 2.13 bits per heavy atom. The predicted molar refractivity (Wildman–Crippen MR) is 171 cm³/mol. The molecule has 5 heterocycles. The first-order chi connectivity index (χ1) is 22.5. The number of pyridine rings is 1. The van der Waals surface area contributed by atoms with Crippen molar-refractivity contribution in [1.29, 1.82) is 5.41 Å². The lowest BCUT2D eigenvalue weighted by Gasteiger charge is -2.50. The number of hydrogen-bond acceptors (Lipinski definition) is 11. The number of thioether (sulfide) groups is 1. The van der Waals surface area contributed by atoms with Crippen LogP contribution in [0.25, 0.3) is 10.9 Å². The third-order valence-electron chi connectivity index (χ3n) is 7.60. The number of nitrogens with zero attached hydrogens (tertiary/aromatic N) is 5. The summed E-state index contributed by atoms with van der Waals surface area (Å²) in [7, 11) is 1.23. The second-order valence-electron chi connectivity index (χ2n) is 10.5. The number of nitrogen functional groups attached to an aromatic ring is 2. The van der Waals surface area contributed by atoms with Gasteiger partial charge in [0.15, 0.2) is 29.8 Å². The SMILES string of the molecule is CO/N=C(\C(=O)N[C@@H]1C(=O)N2C(C(=O)[O-])=C(C[n+]3ccc4c(ccn4Cc4ccc(C(=N)N)cc4F)c3)CS[C@H]12)c1nc(N)sc1Cl. The number of carboxylic acids is 1. The lowest BCUT2D eigenvalue weighted by molar-refractivity contribution is -0.687. The van der Waals surface area contributed by atoms with E-state index in [4.69, 9.17) is 33.3 Å². The van der Waals surface area contributed by atoms with Gasteiger partial charge in [0.05, 0.1) is 29.1 Å². The first kappa shape index (κ1) is 32.0. The van der Waals surface area contributed by atoms with Crippen LogP contribution < -0.4 is 26.5 Å². The van der Waals surface area contributed by atoms with Crippen molar-refractivity contribution in [2.24, 2.45) is 10.9 Å². The van der Waals surface area contributed by atoms with Crippen molar-refractivity contribution < 1.29 is 33.3 Å². The summed E-state index contributed by atoms with van der Waals surface area (Å²) in [5.41, 5.74) is 12.6. The maximum Gasteiger partial charge on any atom is 0.276 e. The van der Waals surface area contributed by atoms with Crippen LogP contribution >= 0.6 is 34.7 Å². The number of nitrogens with two attached hydrogens (primary N) is 2. The van der Waals surface area contributed by atoms with Crippen LogP contribution in [0.3, 0.4) is 0 Å². The number of aliphatic carboxylic acids is 1. The van der Waals surface area contributed by atoms with Crippen LogP contribution in [0.15, 0.2) is 65.3 Å². The standard InChI is InChI=1S/C29H25ClFN9O5S2/c1-45-37-20(19-23(30)47-29(34)36-19)25(41)35-21-26(42)40-22(28(43)44)16(12-46-27(21)40)10-38-6-5-18-15(9-38)4-7-39(18)11-14-3-2-13(24(32)33)8-17(14)31/h2-9,21,27H,10-12H2,1H3,(H6-,32,33,34,35,36,41,43,44)/b37-20-/t21-,27-/m1/s1. The maximum absolute atomic E-state index is 14.7. The summed E-state index contributed by atoms with van der Waals surface area (Å²) in [5, 5.41) is 26.3. The first-order valence-corrected chi connectivity index (χ1v) is 16.0. The zero-order valence-electron chi connectivity index (χ0n) is 24.4. The van der Waals surface area contributed by atoms with Gasteiger partial charge in [-0.25, -0.2) is 13.9 Å². The molecule has 0 bridgehead atoms. The molecule has 2 amide bonds. The monoisotopic (exact) mass is 697 g/mol. The highest BCUT2D eigenvalue weighted by molar-refractivity contribution is 8.00. The molecule has 6 rings (SSSR count). The number of carbonyl (C=O) groups excluding carboxylic acids is 3. The van der Waals surface area contributed by atoms with Gasteiger partial charge in [-0.3, -0.25) is 19.9 Å². The Labute approximate surface area is 278 Å². The Morgan fingerprint density at radius 1 is 1.34 bits per heavy atom. The number of hydrogen-bond donors (Lipinski definition) is 4. The smallest absolute Gasteiger partial charge is 0.276 e. The zero-order valence-corrected chi connectivity index (χ0v) is 26.8. The second-order valence-corrected chi connectivity index (χ2v) is 13.3. The number of β-lactam (4-membered cyclic amide) rings is 1. The summed E-state index contributed by atoms with van der Waals surface area (Å²) < 4.78 is 18.4. The lowest BCUT2D eigenvalue weighted by atomic mass is 10.0. The number of nitrogens with one attached hydrogen (secondary N) is 2. The average molecular weight is 698 g/mol. The van der Waals surface area contributed by atoms with Gasteiger partial charge in [-0.05, 0) is 12.1 Å². The van der Waals surface area contributed by atoms with Gasteiger partial charge in [0.2, 0.25) is 0 Å². The number of oxime groups is 1. The van der Waals surface area contributed by atoms with Gasteiger partial charge in [-0.15, -0.1) is 11.8 Å². The minimum Gasteiger partial charge on any atom is -0.543 e. The molecule has 4 aromatic rings. The summed E-state index contributed by atoms with van der Waals surface area (Å²) in [4.78, 5) is 48.5. The van der Waals surface area contributed by atoms with Crippen molar-refractivity contribution in [3.05, 3.63) is 87.2 Å². The lowest BCUT2D eigenvalue weighted by Crippen LogP contribution is -2.71. The topological polar surface area (TPSA) is 209 Å². The van der Waals surface area contributed by atoms with Gasteiger partial charge >= 0.3 is 0 Å². The van der Waals surface area contributed by atoms with E-state index in [0.29, 0.717) is 16.7 Å². The molecule has 1 saturated heterocycles. The molecular weight excluding hydrogens is 673 g/mol. The van der Waals surface area contributed by atoms with Crippen LogP contribution in [-0.4, -0.2) is 68.1 Å². The summed E-state index contributed by atoms with van der Waals surface area (Å²) >= 11 is 8.37. The Morgan fingerprint density at radius 3 is 2.79 bits per heavy atom. The molecule has 1 aromatic carbocycles. The Bertz CT molecular complexity index is 2040. The van der Waals surface area contributed by atoms with Gasteiger partial charge < -0.3 is 36.1 Å². The van der Waals surface area contributed by atoms with E-state index in [1.165, 1.54) is 24.9 Å². The highest BCUT2D eigenvalue weighted by Gasteiger charge is 2.53. The number of amidine groups is 1. The van der Waals surface area contributed by atoms with Crippen molar-refractivity contribution in [3.8, 4) is 0 Å². The van der Waals surface area contributed by atoms with Crippen LogP contribution in [0.4, 0.5) is 9.52 Å². The molecular formula is C29H25ClFN9O5S2. The fraction of sp³-hybridized carbons (Fsp3) is 0.207. The number of thiazole rings is 1. The number of halogens is 2. The van der Waals surface area contributed by atoms with Gasteiger partial charge in [-0.1, -0.05) is 40.2 Å². The third kappa shape index (κ3) is 5.99. The third-order valence-corrected chi connectivity index (χ3v) is 10.0. The number of fused-ring (bicyclic) bond motifs is 2. The van der Waals surface area contributed by atoms with Crippen LogP contribution in [-0.2, 0) is 32.3 Å². The molecule has 47 heavy (non-hydrogen) atoms. The van der Waals surface area contributed by atoms with E-state index < -0.39 is 35.0 Å². The second kappa shape index (κ2) is 12.7. The van der Waals surface area contributed by atoms with E-state index in [0.717, 1.165) is 27.1 Å². The molecule has 6 N–H and O–H groups in total. The predicted octanol–water partition coefficient (Wildman–Crippen LogP) is 0.547. The van der Waals surface area contributed by atoms with E-state index in [2.05, 4.69) is 15.5 Å². The molecule has 0 unspecified atom stereocenters. The first-order valence-electron chi connectivity index (χ1n) is 13.8. The van der Waals surface area contributed by atoms with Crippen molar-refractivity contribution in [2.75, 3.05) is 18.6 Å². The normalized spacial score (nSPS) is 17.8. The van der Waals surface area contributed by atoms with Gasteiger partial charge in [-0.2, -0.15) is 0 Å². The summed E-state index contributed by atoms with van der Waals surface area (Å²) in [6, 6.07) is 7.05. The van der Waals surface area contributed by atoms with Crippen LogP contribution in [0.2, 0.25) is 4.34 Å². The molecule has 0 saturated carbocycles. The summed E-state index contributed by atoms with van der Waals surface area (Å²) in [6.07, 6.45) is 5.40. The summed E-state index contributed by atoms with van der Waals surface area (Å²) in [5.74, 6) is -3.38.